The highest BCUT2D eigenvalue weighted by Crippen LogP contribution is 2.29. The summed E-state index contributed by atoms with van der Waals surface area (Å²) < 4.78 is 24.8. The van der Waals surface area contributed by atoms with Crippen LogP contribution < -0.4 is 5.32 Å². The fourth-order valence-corrected chi connectivity index (χ4v) is 2.76. The molecular weight excluding hydrogens is 347 g/mol. The number of carbonyl (C=O) groups is 1. The number of hydrogen-bond donors (Lipinski definition) is 1. The Kier molecular flexibility index (Phi) is 4.98. The third kappa shape index (κ3) is 4.41. The number of hydrogen-bond acceptors (Lipinski definition) is 4. The van der Waals surface area contributed by atoms with E-state index in [-0.39, 0.29) is 18.3 Å². The highest BCUT2D eigenvalue weighted by atomic mass is 19.1. The summed E-state index contributed by atoms with van der Waals surface area (Å²) in [6.45, 7) is 0.814. The van der Waals surface area contributed by atoms with Crippen LogP contribution in [0.4, 0.5) is 10.1 Å². The van der Waals surface area contributed by atoms with E-state index >= 15 is 0 Å². The summed E-state index contributed by atoms with van der Waals surface area (Å²) in [4.78, 5) is 16.4. The summed E-state index contributed by atoms with van der Waals surface area (Å²) in [6, 6.07) is 11.6. The Labute approximate surface area is 156 Å². The molecule has 138 valence electrons. The number of oxazole rings is 1. The second-order valence-corrected chi connectivity index (χ2v) is 6.67. The third-order valence-corrected chi connectivity index (χ3v) is 4.45. The smallest absolute Gasteiger partial charge is 0.255 e. The molecule has 1 heterocycles. The van der Waals surface area contributed by atoms with Crippen molar-refractivity contribution in [1.29, 1.82) is 0 Å². The molecule has 1 aliphatic carbocycles. The van der Waals surface area contributed by atoms with Crippen LogP contribution in [0.3, 0.4) is 0 Å². The quantitative estimate of drug-likeness (QED) is 0.660. The van der Waals surface area contributed by atoms with Gasteiger partial charge < -0.3 is 14.5 Å². The molecule has 0 spiro atoms. The Morgan fingerprint density at radius 3 is 2.93 bits per heavy atom. The monoisotopic (exact) mass is 366 g/mol. The van der Waals surface area contributed by atoms with Crippen molar-refractivity contribution in [2.24, 2.45) is 5.92 Å². The van der Waals surface area contributed by atoms with Crippen molar-refractivity contribution in [3.8, 4) is 11.3 Å². The molecule has 6 heteroatoms. The molecule has 4 rings (SSSR count). The summed E-state index contributed by atoms with van der Waals surface area (Å²) in [6.07, 6.45) is 5.32. The topological polar surface area (TPSA) is 64.4 Å². The number of aromatic nitrogens is 1. The fraction of sp³-hybridized carbons (Fsp3) is 0.238. The molecule has 1 amide bonds. The molecule has 1 N–H and O–H groups in total. The third-order valence-electron chi connectivity index (χ3n) is 4.45. The van der Waals surface area contributed by atoms with Crippen molar-refractivity contribution < 1.29 is 18.3 Å². The number of amides is 1. The van der Waals surface area contributed by atoms with Crippen molar-refractivity contribution in [1.82, 2.24) is 4.98 Å². The van der Waals surface area contributed by atoms with E-state index in [0.717, 1.165) is 5.56 Å². The van der Waals surface area contributed by atoms with Gasteiger partial charge in [-0.15, -0.1) is 0 Å². The minimum absolute atomic E-state index is 0.171. The number of carbonyl (C=O) groups excluding carboxylic acids is 1. The summed E-state index contributed by atoms with van der Waals surface area (Å²) in [5.74, 6) is 0.544. The van der Waals surface area contributed by atoms with Crippen LogP contribution in [-0.4, -0.2) is 17.5 Å². The average Bonchev–Trinajstić information content (AvgIpc) is 3.33. The largest absolute Gasteiger partial charge is 0.444 e. The number of nitrogens with one attached hydrogen (secondary N) is 1. The van der Waals surface area contributed by atoms with Crippen LogP contribution in [0.25, 0.3) is 11.3 Å². The molecule has 2 aromatic carbocycles. The lowest BCUT2D eigenvalue weighted by Gasteiger charge is -2.09. The molecule has 0 unspecified atom stereocenters. The predicted molar refractivity (Wildman–Crippen MR) is 98.7 cm³/mol. The van der Waals surface area contributed by atoms with Gasteiger partial charge >= 0.3 is 0 Å². The minimum Gasteiger partial charge on any atom is -0.444 e. The van der Waals surface area contributed by atoms with Crippen LogP contribution in [0.2, 0.25) is 0 Å². The molecule has 27 heavy (non-hydrogen) atoms. The maximum atomic E-state index is 14.0. The lowest BCUT2D eigenvalue weighted by atomic mass is 10.1. The molecule has 5 nitrogen and oxygen atoms in total. The van der Waals surface area contributed by atoms with Crippen molar-refractivity contribution >= 4 is 11.6 Å². The Morgan fingerprint density at radius 2 is 2.15 bits per heavy atom. The lowest BCUT2D eigenvalue weighted by molar-refractivity contribution is 0.102. The second-order valence-electron chi connectivity index (χ2n) is 6.67. The first kappa shape index (κ1) is 17.4. The molecule has 1 fully saturated rings. The predicted octanol–water partition coefficient (Wildman–Crippen LogP) is 4.66. The van der Waals surface area contributed by atoms with Gasteiger partial charge in [0, 0.05) is 29.0 Å². The molecule has 3 aromatic rings. The number of rotatable bonds is 7. The fourth-order valence-electron chi connectivity index (χ4n) is 2.76. The standard InChI is InChI=1S/C21H19FN2O3/c22-19-7-6-16(8-17(19)12-26-11-14-4-5-14)21(25)24-18-3-1-2-15(9-18)20-10-23-13-27-20/h1-3,6-10,13-14H,4-5,11-12H2,(H,24,25). The van der Waals surface area contributed by atoms with Gasteiger partial charge in [0.05, 0.1) is 12.8 Å². The van der Waals surface area contributed by atoms with Crippen molar-refractivity contribution in [3.63, 3.8) is 0 Å². The zero-order valence-electron chi connectivity index (χ0n) is 14.7. The highest BCUT2D eigenvalue weighted by Gasteiger charge is 2.21. The van der Waals surface area contributed by atoms with Crippen LogP contribution in [0.1, 0.15) is 28.8 Å². The van der Waals surface area contributed by atoms with Gasteiger partial charge in [-0.2, -0.15) is 0 Å². The van der Waals surface area contributed by atoms with Crippen LogP contribution >= 0.6 is 0 Å². The normalized spacial score (nSPS) is 13.5. The van der Waals surface area contributed by atoms with Gasteiger partial charge in [0.1, 0.15) is 5.82 Å². The van der Waals surface area contributed by atoms with Gasteiger partial charge in [-0.05, 0) is 49.1 Å². The van der Waals surface area contributed by atoms with Gasteiger partial charge in [-0.1, -0.05) is 12.1 Å². The van der Waals surface area contributed by atoms with Crippen molar-refractivity contribution in [3.05, 3.63) is 72.0 Å². The van der Waals surface area contributed by atoms with E-state index in [9.17, 15) is 9.18 Å². The highest BCUT2D eigenvalue weighted by molar-refractivity contribution is 6.04. The molecule has 0 bridgehead atoms. The summed E-state index contributed by atoms with van der Waals surface area (Å²) in [5.41, 5.74) is 2.19. The molecule has 0 atom stereocenters. The van der Waals surface area contributed by atoms with Crippen LogP contribution in [0.5, 0.6) is 0 Å². The summed E-state index contributed by atoms with van der Waals surface area (Å²) >= 11 is 0. The van der Waals surface area contributed by atoms with E-state index in [1.807, 2.05) is 12.1 Å². The molecule has 1 aliphatic rings. The van der Waals surface area contributed by atoms with Gasteiger partial charge in [0.25, 0.3) is 5.91 Å². The van der Waals surface area contributed by atoms with E-state index < -0.39 is 0 Å². The SMILES string of the molecule is O=C(Nc1cccc(-c2cnco2)c1)c1ccc(F)c(COCC2CC2)c1. The summed E-state index contributed by atoms with van der Waals surface area (Å²) in [5, 5.41) is 2.83. The van der Waals surface area contributed by atoms with Crippen molar-refractivity contribution in [2.75, 3.05) is 11.9 Å². The van der Waals surface area contributed by atoms with Crippen LogP contribution in [-0.2, 0) is 11.3 Å². The first-order valence-electron chi connectivity index (χ1n) is 8.85. The molecular formula is C21H19FN2O3. The number of halogens is 1. The van der Waals surface area contributed by atoms with Crippen molar-refractivity contribution in [2.45, 2.75) is 19.4 Å². The number of benzene rings is 2. The maximum absolute atomic E-state index is 14.0. The second kappa shape index (κ2) is 7.72. The Hall–Kier alpha value is -2.99. The lowest BCUT2D eigenvalue weighted by Crippen LogP contribution is -2.13. The number of ether oxygens (including phenoxy) is 1. The van der Waals surface area contributed by atoms with E-state index in [0.29, 0.717) is 35.1 Å². The molecule has 0 saturated heterocycles. The molecule has 1 saturated carbocycles. The maximum Gasteiger partial charge on any atom is 0.255 e. The van der Waals surface area contributed by atoms with Gasteiger partial charge in [0.15, 0.2) is 12.2 Å². The van der Waals surface area contributed by atoms with E-state index in [4.69, 9.17) is 9.15 Å². The first-order valence-corrected chi connectivity index (χ1v) is 8.85. The zero-order chi connectivity index (χ0) is 18.6. The molecule has 0 aliphatic heterocycles. The number of nitrogens with zero attached hydrogens (tertiary/aromatic N) is 1. The Balaban J connectivity index is 1.45. The average molecular weight is 366 g/mol. The number of anilines is 1. The van der Waals surface area contributed by atoms with Gasteiger partial charge in [0.2, 0.25) is 0 Å². The van der Waals surface area contributed by atoms with Crippen LogP contribution in [0.15, 0.2) is 59.5 Å². The minimum atomic E-state index is -0.366. The molecule has 0 radical (unpaired) electrons. The Morgan fingerprint density at radius 1 is 1.26 bits per heavy atom. The van der Waals surface area contributed by atoms with E-state index in [1.165, 1.54) is 37.4 Å². The van der Waals surface area contributed by atoms with E-state index in [1.54, 1.807) is 18.3 Å². The van der Waals surface area contributed by atoms with Crippen LogP contribution in [0, 0.1) is 11.7 Å². The first-order chi connectivity index (χ1) is 13.2. The van der Waals surface area contributed by atoms with Gasteiger partial charge in [-0.25, -0.2) is 9.37 Å². The van der Waals surface area contributed by atoms with E-state index in [2.05, 4.69) is 10.3 Å². The zero-order valence-corrected chi connectivity index (χ0v) is 14.7. The summed E-state index contributed by atoms with van der Waals surface area (Å²) in [7, 11) is 0. The van der Waals surface area contributed by atoms with Gasteiger partial charge in [-0.3, -0.25) is 4.79 Å². The molecule has 1 aromatic heterocycles. The Bertz CT molecular complexity index is 936.